The lowest BCUT2D eigenvalue weighted by Crippen LogP contribution is -2.17. The van der Waals surface area contributed by atoms with E-state index in [1.54, 1.807) is 0 Å². The first-order valence-electron chi connectivity index (χ1n) is 1.93. The molecule has 5 heteroatoms. The van der Waals surface area contributed by atoms with Crippen LogP contribution < -0.4 is 5.73 Å². The number of aliphatic hydroxyl groups excluding tert-OH is 1. The summed E-state index contributed by atoms with van der Waals surface area (Å²) in [7, 11) is 0. The van der Waals surface area contributed by atoms with Crippen LogP contribution in [0.2, 0.25) is 0 Å². The van der Waals surface area contributed by atoms with Gasteiger partial charge in [-0.25, -0.2) is 4.79 Å². The molecule has 1 atom stereocenters. The molecule has 0 rings (SSSR count). The third-order valence-corrected chi connectivity index (χ3v) is 0.270. The number of nitrogens with two attached hydrogens (primary N) is 1. The first-order valence-corrected chi connectivity index (χ1v) is 1.93. The van der Waals surface area contributed by atoms with Crippen molar-refractivity contribution in [1.29, 1.82) is 0 Å². The number of aliphatic hydroxyl groups is 1. The maximum Gasteiger partial charge on any atom is 0.436 e. The van der Waals surface area contributed by atoms with E-state index in [4.69, 9.17) is 5.11 Å². The van der Waals surface area contributed by atoms with Crippen molar-refractivity contribution in [1.82, 2.24) is 0 Å². The van der Waals surface area contributed by atoms with E-state index in [1.165, 1.54) is 6.92 Å². The summed E-state index contributed by atoms with van der Waals surface area (Å²) in [6, 6.07) is 0. The summed E-state index contributed by atoms with van der Waals surface area (Å²) in [5.41, 5.74) is 4.44. The summed E-state index contributed by atoms with van der Waals surface area (Å²) in [5.74, 6) is 0. The average Bonchev–Trinajstić information content (AvgIpc) is 1.61. The van der Waals surface area contributed by atoms with Crippen molar-refractivity contribution in [3.63, 3.8) is 0 Å². The van der Waals surface area contributed by atoms with E-state index in [2.05, 4.69) is 15.5 Å². The average molecular weight is 121 g/mol. The van der Waals surface area contributed by atoms with Crippen molar-refractivity contribution in [2.24, 2.45) is 5.73 Å². The highest BCUT2D eigenvalue weighted by Gasteiger charge is 1.97. The SMILES string of the molecule is CC(O)OOC(N)=O. The van der Waals surface area contributed by atoms with Gasteiger partial charge in [0.15, 0.2) is 6.29 Å². The minimum atomic E-state index is -1.14. The Kier molecular flexibility index (Phi) is 2.90. The fourth-order valence-electron chi connectivity index (χ4n) is 0.117. The van der Waals surface area contributed by atoms with Crippen LogP contribution in [0, 0.1) is 0 Å². The number of hydrogen-bond acceptors (Lipinski definition) is 4. The normalized spacial score (nSPS) is 12.8. The van der Waals surface area contributed by atoms with Crippen LogP contribution in [-0.2, 0) is 9.78 Å². The second-order valence-electron chi connectivity index (χ2n) is 1.10. The second-order valence-corrected chi connectivity index (χ2v) is 1.10. The minimum absolute atomic E-state index is 1.08. The monoisotopic (exact) mass is 121 g/mol. The quantitative estimate of drug-likeness (QED) is 0.289. The zero-order valence-electron chi connectivity index (χ0n) is 4.33. The number of carbonyl (C=O) groups excluding carboxylic acids is 1. The molecule has 0 aliphatic carbocycles. The Bertz CT molecular complexity index is 81.4. The Morgan fingerprint density at radius 1 is 1.88 bits per heavy atom. The molecular formula is C3H7NO4. The van der Waals surface area contributed by atoms with Gasteiger partial charge in [0, 0.05) is 0 Å². The Morgan fingerprint density at radius 3 is 2.50 bits per heavy atom. The summed E-state index contributed by atoms with van der Waals surface area (Å²) in [6.45, 7) is 1.28. The molecule has 0 aliphatic heterocycles. The lowest BCUT2D eigenvalue weighted by molar-refractivity contribution is -0.319. The molecule has 0 heterocycles. The van der Waals surface area contributed by atoms with Gasteiger partial charge < -0.3 is 10.8 Å². The molecule has 5 nitrogen and oxygen atoms in total. The molecule has 3 N–H and O–H groups in total. The van der Waals surface area contributed by atoms with Crippen LogP contribution in [0.1, 0.15) is 6.92 Å². The summed E-state index contributed by atoms with van der Waals surface area (Å²) < 4.78 is 0. The maximum absolute atomic E-state index is 9.67. The topological polar surface area (TPSA) is 81.8 Å². The maximum atomic E-state index is 9.67. The van der Waals surface area contributed by atoms with Gasteiger partial charge in [-0.05, 0) is 6.92 Å². The zero-order valence-corrected chi connectivity index (χ0v) is 4.33. The van der Waals surface area contributed by atoms with Crippen LogP contribution >= 0.6 is 0 Å². The van der Waals surface area contributed by atoms with Crippen molar-refractivity contribution in [2.75, 3.05) is 0 Å². The molecular weight excluding hydrogens is 114 g/mol. The molecule has 0 aromatic heterocycles. The summed E-state index contributed by atoms with van der Waals surface area (Å²) in [6.07, 6.45) is -2.21. The molecule has 0 aromatic carbocycles. The number of rotatable bonds is 2. The van der Waals surface area contributed by atoms with E-state index in [0.717, 1.165) is 0 Å². The fourth-order valence-corrected chi connectivity index (χ4v) is 0.117. The number of primary amides is 1. The molecule has 1 unspecified atom stereocenters. The fraction of sp³-hybridized carbons (Fsp3) is 0.667. The van der Waals surface area contributed by atoms with E-state index < -0.39 is 12.4 Å². The van der Waals surface area contributed by atoms with Crippen molar-refractivity contribution in [3.8, 4) is 0 Å². The molecule has 0 fully saturated rings. The predicted octanol–water partition coefficient (Wildman–Crippen LogP) is -0.648. The van der Waals surface area contributed by atoms with Crippen LogP contribution in [0.15, 0.2) is 0 Å². The third-order valence-electron chi connectivity index (χ3n) is 0.270. The smallest absolute Gasteiger partial charge is 0.365 e. The number of carbonyl (C=O) groups is 1. The number of hydrogen-bond donors (Lipinski definition) is 2. The third kappa shape index (κ3) is 5.19. The van der Waals surface area contributed by atoms with Gasteiger partial charge in [0.2, 0.25) is 0 Å². The second kappa shape index (κ2) is 3.23. The molecule has 0 radical (unpaired) electrons. The lowest BCUT2D eigenvalue weighted by Gasteiger charge is -2.00. The van der Waals surface area contributed by atoms with Gasteiger partial charge in [0.25, 0.3) is 0 Å². The molecule has 0 spiro atoms. The highest BCUT2D eigenvalue weighted by atomic mass is 17.2. The highest BCUT2D eigenvalue weighted by molar-refractivity contribution is 5.63. The van der Waals surface area contributed by atoms with Crippen molar-refractivity contribution >= 4 is 6.09 Å². The Labute approximate surface area is 45.9 Å². The van der Waals surface area contributed by atoms with E-state index in [1.807, 2.05) is 0 Å². The standard InChI is InChI=1S/C3H7NO4/c1-2(5)7-8-3(4)6/h2,5H,1H3,(H2,4,6). The Morgan fingerprint density at radius 2 is 2.38 bits per heavy atom. The number of amides is 1. The molecule has 0 saturated carbocycles. The predicted molar refractivity (Wildman–Crippen MR) is 23.4 cm³/mol. The van der Waals surface area contributed by atoms with Gasteiger partial charge in [0.05, 0.1) is 0 Å². The molecule has 0 aliphatic rings. The molecule has 48 valence electrons. The lowest BCUT2D eigenvalue weighted by atomic mass is 10.8. The van der Waals surface area contributed by atoms with E-state index in [9.17, 15) is 4.79 Å². The van der Waals surface area contributed by atoms with Crippen LogP contribution in [0.4, 0.5) is 4.79 Å². The highest BCUT2D eigenvalue weighted by Crippen LogP contribution is 1.83. The summed E-state index contributed by atoms with van der Waals surface area (Å²) in [4.78, 5) is 17.2. The zero-order chi connectivity index (χ0) is 6.57. The van der Waals surface area contributed by atoms with Crippen LogP contribution in [0.5, 0.6) is 0 Å². The summed E-state index contributed by atoms with van der Waals surface area (Å²) in [5, 5.41) is 8.25. The van der Waals surface area contributed by atoms with Crippen molar-refractivity contribution in [3.05, 3.63) is 0 Å². The van der Waals surface area contributed by atoms with Crippen LogP contribution in [0.25, 0.3) is 0 Å². The molecule has 8 heavy (non-hydrogen) atoms. The van der Waals surface area contributed by atoms with E-state index in [-0.39, 0.29) is 0 Å². The molecule has 1 amide bonds. The van der Waals surface area contributed by atoms with Gasteiger partial charge >= 0.3 is 6.09 Å². The first-order chi connectivity index (χ1) is 3.63. The minimum Gasteiger partial charge on any atom is -0.365 e. The Balaban J connectivity index is 3.05. The van der Waals surface area contributed by atoms with Gasteiger partial charge in [-0.2, -0.15) is 4.89 Å². The van der Waals surface area contributed by atoms with Crippen LogP contribution in [0.3, 0.4) is 0 Å². The van der Waals surface area contributed by atoms with E-state index in [0.29, 0.717) is 0 Å². The van der Waals surface area contributed by atoms with Crippen molar-refractivity contribution in [2.45, 2.75) is 13.2 Å². The largest absolute Gasteiger partial charge is 0.436 e. The summed E-state index contributed by atoms with van der Waals surface area (Å²) >= 11 is 0. The van der Waals surface area contributed by atoms with Gasteiger partial charge in [0.1, 0.15) is 0 Å². The molecule has 0 saturated heterocycles. The molecule has 0 aromatic rings. The Hall–Kier alpha value is -0.810. The van der Waals surface area contributed by atoms with Crippen LogP contribution in [-0.4, -0.2) is 17.5 Å². The van der Waals surface area contributed by atoms with Crippen molar-refractivity contribution < 1.29 is 19.7 Å². The van der Waals surface area contributed by atoms with E-state index >= 15 is 0 Å². The van der Waals surface area contributed by atoms with Gasteiger partial charge in [-0.1, -0.05) is 0 Å². The van der Waals surface area contributed by atoms with Gasteiger partial charge in [-0.3, -0.25) is 4.89 Å². The first kappa shape index (κ1) is 7.19. The van der Waals surface area contributed by atoms with Gasteiger partial charge in [-0.15, -0.1) is 0 Å². The molecule has 0 bridgehead atoms.